The summed E-state index contributed by atoms with van der Waals surface area (Å²) in [5.41, 5.74) is 4.82. The van der Waals surface area contributed by atoms with Crippen molar-refractivity contribution in [3.63, 3.8) is 0 Å². The number of benzene rings is 2. The van der Waals surface area contributed by atoms with Crippen LogP contribution in [0.3, 0.4) is 0 Å². The standard InChI is InChI=1S/C17H14N4O3S/c1-11-16(12-5-3-2-4-6-12)19-17(25-11)20-18-10-13-9-14(21(23)24)7-8-15(13)22/h2-10,22H,1H3,(H,19,20)/b18-10+. The fourth-order valence-electron chi connectivity index (χ4n) is 2.22. The van der Waals surface area contributed by atoms with E-state index in [0.29, 0.717) is 5.13 Å². The van der Waals surface area contributed by atoms with E-state index >= 15 is 0 Å². The van der Waals surface area contributed by atoms with Crippen molar-refractivity contribution in [3.05, 3.63) is 69.1 Å². The molecule has 2 aromatic carbocycles. The Labute approximate surface area is 147 Å². The third kappa shape index (κ3) is 3.81. The van der Waals surface area contributed by atoms with Gasteiger partial charge in [-0.25, -0.2) is 4.98 Å². The number of non-ortho nitro benzene ring substituents is 1. The second-order valence-electron chi connectivity index (χ2n) is 5.16. The van der Waals surface area contributed by atoms with Crippen molar-refractivity contribution >= 4 is 28.4 Å². The van der Waals surface area contributed by atoms with Gasteiger partial charge in [0.2, 0.25) is 5.13 Å². The number of rotatable bonds is 5. The number of thiazole rings is 1. The first kappa shape index (κ1) is 16.6. The number of aromatic nitrogens is 1. The van der Waals surface area contributed by atoms with Crippen molar-refractivity contribution in [1.29, 1.82) is 0 Å². The second kappa shape index (κ2) is 7.10. The molecule has 0 atom stereocenters. The molecule has 0 radical (unpaired) electrons. The molecule has 0 saturated carbocycles. The van der Waals surface area contributed by atoms with Crippen LogP contribution in [0.1, 0.15) is 10.4 Å². The third-order valence-electron chi connectivity index (χ3n) is 3.43. The maximum absolute atomic E-state index is 10.8. The predicted octanol–water partition coefficient (Wildman–Crippen LogP) is 4.18. The third-order valence-corrected chi connectivity index (χ3v) is 4.31. The lowest BCUT2D eigenvalue weighted by atomic mass is 10.1. The van der Waals surface area contributed by atoms with Crippen LogP contribution in [-0.4, -0.2) is 21.2 Å². The van der Waals surface area contributed by atoms with Gasteiger partial charge >= 0.3 is 0 Å². The van der Waals surface area contributed by atoms with E-state index in [2.05, 4.69) is 15.5 Å². The van der Waals surface area contributed by atoms with Gasteiger partial charge in [-0.05, 0) is 13.0 Å². The molecule has 7 nitrogen and oxygen atoms in total. The molecule has 1 heterocycles. The van der Waals surface area contributed by atoms with Gasteiger partial charge < -0.3 is 5.11 Å². The molecule has 1 aromatic heterocycles. The highest BCUT2D eigenvalue weighted by atomic mass is 32.1. The lowest BCUT2D eigenvalue weighted by Crippen LogP contribution is -1.93. The first-order chi connectivity index (χ1) is 12.0. The number of phenolic OH excluding ortho intramolecular Hbond substituents is 1. The lowest BCUT2D eigenvalue weighted by molar-refractivity contribution is -0.384. The monoisotopic (exact) mass is 354 g/mol. The molecule has 126 valence electrons. The zero-order chi connectivity index (χ0) is 17.8. The van der Waals surface area contributed by atoms with E-state index in [4.69, 9.17) is 0 Å². The van der Waals surface area contributed by atoms with Crippen LogP contribution in [0.2, 0.25) is 0 Å². The Bertz CT molecular complexity index is 938. The molecule has 0 bridgehead atoms. The fraction of sp³-hybridized carbons (Fsp3) is 0.0588. The summed E-state index contributed by atoms with van der Waals surface area (Å²) in [5, 5.41) is 25.2. The Morgan fingerprint density at radius 3 is 2.76 bits per heavy atom. The van der Waals surface area contributed by atoms with E-state index < -0.39 is 4.92 Å². The van der Waals surface area contributed by atoms with Crippen LogP contribution in [0.15, 0.2) is 53.6 Å². The number of aryl methyl sites for hydroxylation is 1. The lowest BCUT2D eigenvalue weighted by Gasteiger charge is -1.99. The smallest absolute Gasteiger partial charge is 0.270 e. The van der Waals surface area contributed by atoms with Gasteiger partial charge in [-0.2, -0.15) is 5.10 Å². The normalized spacial score (nSPS) is 10.9. The Balaban J connectivity index is 1.77. The molecule has 0 amide bonds. The van der Waals surface area contributed by atoms with Crippen molar-refractivity contribution in [2.45, 2.75) is 6.92 Å². The summed E-state index contributed by atoms with van der Waals surface area (Å²) in [6.07, 6.45) is 1.32. The second-order valence-corrected chi connectivity index (χ2v) is 6.36. The van der Waals surface area contributed by atoms with Crippen LogP contribution in [0.25, 0.3) is 11.3 Å². The summed E-state index contributed by atoms with van der Waals surface area (Å²) in [6, 6.07) is 13.6. The summed E-state index contributed by atoms with van der Waals surface area (Å²) in [4.78, 5) is 15.8. The van der Waals surface area contributed by atoms with Crippen molar-refractivity contribution in [3.8, 4) is 17.0 Å². The Morgan fingerprint density at radius 2 is 2.04 bits per heavy atom. The highest BCUT2D eigenvalue weighted by molar-refractivity contribution is 7.15. The first-order valence-corrected chi connectivity index (χ1v) is 8.15. The SMILES string of the molecule is Cc1sc(N/N=C/c2cc([N+](=O)[O-])ccc2O)nc1-c1ccccc1. The van der Waals surface area contributed by atoms with E-state index in [9.17, 15) is 15.2 Å². The molecule has 3 rings (SSSR count). The minimum absolute atomic E-state index is 0.0866. The number of hydrazone groups is 1. The number of nitro benzene ring substituents is 1. The highest BCUT2D eigenvalue weighted by Crippen LogP contribution is 2.30. The number of anilines is 1. The summed E-state index contributed by atoms with van der Waals surface area (Å²) in [7, 11) is 0. The molecule has 3 aromatic rings. The van der Waals surface area contributed by atoms with Gasteiger partial charge in [0.25, 0.3) is 5.69 Å². The minimum atomic E-state index is -0.527. The quantitative estimate of drug-likeness (QED) is 0.407. The van der Waals surface area contributed by atoms with Crippen LogP contribution in [0.5, 0.6) is 5.75 Å². The number of nitro groups is 1. The topological polar surface area (TPSA) is 101 Å². The van der Waals surface area contributed by atoms with Crippen LogP contribution in [0, 0.1) is 17.0 Å². The van der Waals surface area contributed by atoms with Crippen molar-refractivity contribution in [2.24, 2.45) is 5.10 Å². The van der Waals surface area contributed by atoms with Crippen molar-refractivity contribution in [2.75, 3.05) is 5.43 Å². The minimum Gasteiger partial charge on any atom is -0.507 e. The molecule has 0 fully saturated rings. The maximum Gasteiger partial charge on any atom is 0.270 e. The van der Waals surface area contributed by atoms with Gasteiger partial charge in [-0.3, -0.25) is 15.5 Å². The number of phenols is 1. The molecule has 0 aliphatic heterocycles. The van der Waals surface area contributed by atoms with Gasteiger partial charge in [0, 0.05) is 28.1 Å². The Hall–Kier alpha value is -3.26. The molecule has 0 aliphatic rings. The number of nitrogens with zero attached hydrogens (tertiary/aromatic N) is 3. The molecule has 0 saturated heterocycles. The summed E-state index contributed by atoms with van der Waals surface area (Å²) in [5.74, 6) is -0.0866. The average Bonchev–Trinajstić information content (AvgIpc) is 2.98. The zero-order valence-electron chi connectivity index (χ0n) is 13.2. The van der Waals surface area contributed by atoms with Crippen molar-refractivity contribution in [1.82, 2.24) is 4.98 Å². The number of aromatic hydroxyl groups is 1. The van der Waals surface area contributed by atoms with Crippen LogP contribution in [-0.2, 0) is 0 Å². The zero-order valence-corrected chi connectivity index (χ0v) is 14.0. The molecule has 25 heavy (non-hydrogen) atoms. The number of hydrogen-bond donors (Lipinski definition) is 2. The average molecular weight is 354 g/mol. The van der Waals surface area contributed by atoms with Crippen LogP contribution >= 0.6 is 11.3 Å². The predicted molar refractivity (Wildman–Crippen MR) is 98.3 cm³/mol. The summed E-state index contributed by atoms with van der Waals surface area (Å²) >= 11 is 1.45. The van der Waals surface area contributed by atoms with Crippen LogP contribution in [0.4, 0.5) is 10.8 Å². The van der Waals surface area contributed by atoms with Crippen molar-refractivity contribution < 1.29 is 10.0 Å². The number of nitrogens with one attached hydrogen (secondary N) is 1. The van der Waals surface area contributed by atoms with Gasteiger partial charge in [0.15, 0.2) is 0 Å². The molecule has 0 spiro atoms. The van der Waals surface area contributed by atoms with E-state index in [1.54, 1.807) is 0 Å². The largest absolute Gasteiger partial charge is 0.507 e. The van der Waals surface area contributed by atoms with E-state index in [-0.39, 0.29) is 17.0 Å². The van der Waals surface area contributed by atoms with E-state index in [1.165, 1.54) is 35.8 Å². The molecule has 2 N–H and O–H groups in total. The van der Waals surface area contributed by atoms with Gasteiger partial charge in [-0.1, -0.05) is 30.3 Å². The summed E-state index contributed by atoms with van der Waals surface area (Å²) < 4.78 is 0. The molecular formula is C17H14N4O3S. The van der Waals surface area contributed by atoms with Gasteiger partial charge in [-0.15, -0.1) is 11.3 Å². The summed E-state index contributed by atoms with van der Waals surface area (Å²) in [6.45, 7) is 1.97. The van der Waals surface area contributed by atoms with E-state index in [0.717, 1.165) is 16.1 Å². The molecule has 0 unspecified atom stereocenters. The Kier molecular flexibility index (Phi) is 4.71. The first-order valence-electron chi connectivity index (χ1n) is 7.34. The van der Waals surface area contributed by atoms with Gasteiger partial charge in [0.1, 0.15) is 5.75 Å². The maximum atomic E-state index is 10.8. The molecular weight excluding hydrogens is 340 g/mol. The van der Waals surface area contributed by atoms with Crippen LogP contribution < -0.4 is 5.43 Å². The molecule has 0 aliphatic carbocycles. The van der Waals surface area contributed by atoms with Gasteiger partial charge in [0.05, 0.1) is 16.8 Å². The highest BCUT2D eigenvalue weighted by Gasteiger charge is 2.10. The van der Waals surface area contributed by atoms with E-state index in [1.807, 2.05) is 37.3 Å². The molecule has 8 heteroatoms. The fourth-order valence-corrected chi connectivity index (χ4v) is 3.01. The number of hydrogen-bond acceptors (Lipinski definition) is 7. The Morgan fingerprint density at radius 1 is 1.28 bits per heavy atom.